The van der Waals surface area contributed by atoms with E-state index in [4.69, 9.17) is 26.1 Å². The Hall–Kier alpha value is -2.75. The van der Waals surface area contributed by atoms with Gasteiger partial charge in [0.05, 0.1) is 23.7 Å². The third-order valence-corrected chi connectivity index (χ3v) is 7.46. The van der Waals surface area contributed by atoms with Gasteiger partial charge in [0.1, 0.15) is 23.3 Å². The zero-order valence-electron chi connectivity index (χ0n) is 21.2. The molecule has 0 spiro atoms. The van der Waals surface area contributed by atoms with E-state index in [0.717, 1.165) is 4.47 Å². The van der Waals surface area contributed by atoms with Gasteiger partial charge in [-0.2, -0.15) is 9.78 Å². The standard InChI is InChI=1S/C28H25Br2ClFN3O3/c1-5-37-22-12-17(23(30)24(31)25(22)38-15-16-7-6-8-19(32)11-16)14-33-35-26(36)20-13-18(29)9-10-21(20)34-27(35)28(2,3)4/h6-14H,5,15H2,1-4H3. The van der Waals surface area contributed by atoms with Crippen molar-refractivity contribution in [3.8, 4) is 11.5 Å². The summed E-state index contributed by atoms with van der Waals surface area (Å²) >= 11 is 13.6. The second kappa shape index (κ2) is 11.6. The Labute approximate surface area is 241 Å². The number of aromatic nitrogens is 2. The van der Waals surface area contributed by atoms with Gasteiger partial charge in [-0.25, -0.2) is 9.37 Å². The predicted molar refractivity (Wildman–Crippen MR) is 156 cm³/mol. The summed E-state index contributed by atoms with van der Waals surface area (Å²) in [6.07, 6.45) is 1.52. The molecule has 10 heteroatoms. The predicted octanol–water partition coefficient (Wildman–Crippen LogP) is 7.87. The molecule has 38 heavy (non-hydrogen) atoms. The first-order chi connectivity index (χ1) is 18.0. The van der Waals surface area contributed by atoms with Crippen LogP contribution in [0.3, 0.4) is 0 Å². The number of hydrogen-bond donors (Lipinski definition) is 0. The Morgan fingerprint density at radius 3 is 2.58 bits per heavy atom. The number of nitrogens with zero attached hydrogens (tertiary/aromatic N) is 3. The van der Waals surface area contributed by atoms with Gasteiger partial charge in [0, 0.05) is 19.9 Å². The Bertz CT molecular complexity index is 1600. The van der Waals surface area contributed by atoms with Crippen LogP contribution >= 0.6 is 43.5 Å². The van der Waals surface area contributed by atoms with Crippen LogP contribution in [0.5, 0.6) is 11.5 Å². The topological polar surface area (TPSA) is 65.7 Å². The number of halogens is 4. The Morgan fingerprint density at radius 1 is 1.13 bits per heavy atom. The van der Waals surface area contributed by atoms with Crippen LogP contribution in [0.25, 0.3) is 10.9 Å². The van der Waals surface area contributed by atoms with Crippen LogP contribution in [0, 0.1) is 5.82 Å². The van der Waals surface area contributed by atoms with Crippen LogP contribution in [0.15, 0.2) is 67.4 Å². The lowest BCUT2D eigenvalue weighted by Gasteiger charge is -2.21. The number of rotatable bonds is 7. The number of ether oxygens (including phenoxy) is 2. The number of fused-ring (bicyclic) bond motifs is 1. The van der Waals surface area contributed by atoms with E-state index in [9.17, 15) is 9.18 Å². The maximum Gasteiger partial charge on any atom is 0.282 e. The van der Waals surface area contributed by atoms with E-state index >= 15 is 0 Å². The highest BCUT2D eigenvalue weighted by molar-refractivity contribution is 9.10. The summed E-state index contributed by atoms with van der Waals surface area (Å²) in [7, 11) is 0. The smallest absolute Gasteiger partial charge is 0.282 e. The maximum atomic E-state index is 13.6. The first-order valence-electron chi connectivity index (χ1n) is 11.8. The second-order valence-electron chi connectivity index (χ2n) is 9.48. The highest BCUT2D eigenvalue weighted by Gasteiger charge is 2.23. The van der Waals surface area contributed by atoms with Crippen molar-refractivity contribution in [1.29, 1.82) is 0 Å². The molecule has 1 heterocycles. The molecule has 0 bridgehead atoms. The SMILES string of the molecule is CCOc1cc(C=Nn2c(C(C)(C)C)nc3ccc(Br)cc3c2=O)c(Br)c(Cl)c1OCc1cccc(F)c1. The highest BCUT2D eigenvalue weighted by Crippen LogP contribution is 2.42. The molecule has 0 atom stereocenters. The Balaban J connectivity index is 1.78. The molecular weight excluding hydrogens is 641 g/mol. The van der Waals surface area contributed by atoms with Gasteiger partial charge in [-0.15, -0.1) is 0 Å². The lowest BCUT2D eigenvalue weighted by Crippen LogP contribution is -2.29. The molecule has 1 aromatic heterocycles. The molecule has 0 unspecified atom stereocenters. The fourth-order valence-electron chi connectivity index (χ4n) is 3.74. The largest absolute Gasteiger partial charge is 0.490 e. The van der Waals surface area contributed by atoms with Crippen LogP contribution in [0.4, 0.5) is 4.39 Å². The normalized spacial score (nSPS) is 11.9. The van der Waals surface area contributed by atoms with Crippen LogP contribution in [-0.2, 0) is 12.0 Å². The van der Waals surface area contributed by atoms with Crippen molar-refractivity contribution in [2.75, 3.05) is 6.61 Å². The summed E-state index contributed by atoms with van der Waals surface area (Å²) in [6, 6.07) is 13.2. The minimum absolute atomic E-state index is 0.0973. The summed E-state index contributed by atoms with van der Waals surface area (Å²) in [5.74, 6) is 0.861. The monoisotopic (exact) mass is 663 g/mol. The molecule has 0 aliphatic rings. The highest BCUT2D eigenvalue weighted by atomic mass is 79.9. The average Bonchev–Trinajstić information content (AvgIpc) is 2.85. The van der Waals surface area contributed by atoms with Crippen LogP contribution < -0.4 is 15.0 Å². The lowest BCUT2D eigenvalue weighted by molar-refractivity contribution is 0.269. The van der Waals surface area contributed by atoms with E-state index in [1.165, 1.54) is 23.0 Å². The molecule has 4 rings (SSSR count). The molecule has 0 aliphatic heterocycles. The van der Waals surface area contributed by atoms with E-state index in [1.807, 2.05) is 33.8 Å². The zero-order valence-corrected chi connectivity index (χ0v) is 25.1. The van der Waals surface area contributed by atoms with Crippen molar-refractivity contribution in [3.05, 3.63) is 95.6 Å². The van der Waals surface area contributed by atoms with Gasteiger partial charge in [0.2, 0.25) is 0 Å². The lowest BCUT2D eigenvalue weighted by atomic mass is 9.95. The van der Waals surface area contributed by atoms with Crippen molar-refractivity contribution in [3.63, 3.8) is 0 Å². The minimum atomic E-state index is -0.461. The van der Waals surface area contributed by atoms with Crippen molar-refractivity contribution in [1.82, 2.24) is 9.66 Å². The first kappa shape index (κ1) is 28.3. The van der Waals surface area contributed by atoms with Gasteiger partial charge >= 0.3 is 0 Å². The molecule has 0 N–H and O–H groups in total. The van der Waals surface area contributed by atoms with Crippen LogP contribution in [0.1, 0.15) is 44.6 Å². The second-order valence-corrected chi connectivity index (χ2v) is 11.6. The Morgan fingerprint density at radius 2 is 1.89 bits per heavy atom. The molecule has 0 saturated carbocycles. The van der Waals surface area contributed by atoms with Crippen molar-refractivity contribution < 1.29 is 13.9 Å². The molecule has 0 aliphatic carbocycles. The van der Waals surface area contributed by atoms with E-state index in [-0.39, 0.29) is 23.0 Å². The minimum Gasteiger partial charge on any atom is -0.490 e. The van der Waals surface area contributed by atoms with Crippen molar-refractivity contribution >= 4 is 60.6 Å². The summed E-state index contributed by atoms with van der Waals surface area (Å²) < 4.78 is 27.9. The molecule has 0 fully saturated rings. The molecule has 6 nitrogen and oxygen atoms in total. The summed E-state index contributed by atoms with van der Waals surface area (Å²) in [5, 5.41) is 5.24. The van der Waals surface area contributed by atoms with E-state index in [0.29, 0.717) is 50.4 Å². The van der Waals surface area contributed by atoms with E-state index in [1.54, 1.807) is 30.3 Å². The van der Waals surface area contributed by atoms with Crippen LogP contribution in [0.2, 0.25) is 5.02 Å². The number of benzene rings is 3. The maximum absolute atomic E-state index is 13.6. The summed E-state index contributed by atoms with van der Waals surface area (Å²) in [5.41, 5.74) is 1.06. The molecule has 0 amide bonds. The van der Waals surface area contributed by atoms with E-state index < -0.39 is 5.41 Å². The summed E-state index contributed by atoms with van der Waals surface area (Å²) in [6.45, 7) is 8.21. The van der Waals surface area contributed by atoms with Gasteiger partial charge < -0.3 is 9.47 Å². The first-order valence-corrected chi connectivity index (χ1v) is 13.7. The fraction of sp³-hybridized carbons (Fsp3) is 0.250. The Kier molecular flexibility index (Phi) is 8.59. The molecule has 198 valence electrons. The van der Waals surface area contributed by atoms with Gasteiger partial charge in [0.25, 0.3) is 5.56 Å². The van der Waals surface area contributed by atoms with E-state index in [2.05, 4.69) is 37.0 Å². The molecule has 0 saturated heterocycles. The molecule has 3 aromatic carbocycles. The third-order valence-electron chi connectivity index (χ3n) is 5.52. The van der Waals surface area contributed by atoms with Gasteiger partial charge in [0.15, 0.2) is 11.5 Å². The quantitative estimate of drug-likeness (QED) is 0.189. The van der Waals surface area contributed by atoms with Gasteiger partial charge in [-0.05, 0) is 64.8 Å². The molecular formula is C28H25Br2ClFN3O3. The van der Waals surface area contributed by atoms with Gasteiger partial charge in [-0.3, -0.25) is 4.79 Å². The fourth-order valence-corrected chi connectivity index (χ4v) is 4.75. The van der Waals surface area contributed by atoms with Crippen molar-refractivity contribution in [2.24, 2.45) is 5.10 Å². The average molecular weight is 666 g/mol. The summed E-state index contributed by atoms with van der Waals surface area (Å²) in [4.78, 5) is 18.2. The molecule has 0 radical (unpaired) electrons. The third kappa shape index (κ3) is 6.11. The van der Waals surface area contributed by atoms with Crippen molar-refractivity contribution in [2.45, 2.75) is 39.7 Å². The zero-order chi connectivity index (χ0) is 27.6. The molecule has 4 aromatic rings. The van der Waals surface area contributed by atoms with Crippen LogP contribution in [-0.4, -0.2) is 22.5 Å². The number of hydrogen-bond acceptors (Lipinski definition) is 5. The van der Waals surface area contributed by atoms with Gasteiger partial charge in [-0.1, -0.05) is 60.4 Å².